The molecule has 0 atom stereocenters. The summed E-state index contributed by atoms with van der Waals surface area (Å²) >= 11 is 2.77. The molecule has 5 heteroatoms. The summed E-state index contributed by atoms with van der Waals surface area (Å²) in [5, 5.41) is 15.7. The van der Waals surface area contributed by atoms with E-state index in [9.17, 15) is 0 Å². The van der Waals surface area contributed by atoms with Crippen LogP contribution in [-0.4, -0.2) is 22.5 Å². The molecular formula is C7H9BBrO3-. The van der Waals surface area contributed by atoms with Crippen molar-refractivity contribution < 1.29 is 14.8 Å². The summed E-state index contributed by atoms with van der Waals surface area (Å²) in [5.41, 5.74) is 0.427. The van der Waals surface area contributed by atoms with Crippen molar-refractivity contribution in [1.29, 1.82) is 0 Å². The number of rotatable bonds is 2. The molecule has 1 aromatic rings. The molecule has 12 heavy (non-hydrogen) atoms. The van der Waals surface area contributed by atoms with E-state index in [4.69, 9.17) is 14.8 Å². The van der Waals surface area contributed by atoms with E-state index in [1.165, 1.54) is 0 Å². The molecule has 0 spiro atoms. The molecule has 0 radical (unpaired) electrons. The Labute approximate surface area is 78.9 Å². The predicted molar refractivity (Wildman–Crippen MR) is 51.7 cm³/mol. The molecule has 0 amide bonds. The van der Waals surface area contributed by atoms with Crippen LogP contribution in [0.5, 0.6) is 5.75 Å². The molecule has 0 saturated heterocycles. The SMILES string of the molecule is COc1ccc([B-](O)(O)Br)cc1. The molecule has 0 heterocycles. The average Bonchev–Trinajstić information content (AvgIpc) is 2.03. The van der Waals surface area contributed by atoms with Crippen LogP contribution in [0.3, 0.4) is 0 Å². The summed E-state index contributed by atoms with van der Waals surface area (Å²) in [6.45, 7) is 0. The van der Waals surface area contributed by atoms with Crippen LogP contribution in [0.25, 0.3) is 0 Å². The van der Waals surface area contributed by atoms with Crippen LogP contribution < -0.4 is 10.2 Å². The lowest BCUT2D eigenvalue weighted by Crippen LogP contribution is -2.41. The van der Waals surface area contributed by atoms with Crippen molar-refractivity contribution in [3.05, 3.63) is 24.3 Å². The van der Waals surface area contributed by atoms with Crippen LogP contribution in [0.4, 0.5) is 0 Å². The fourth-order valence-electron chi connectivity index (χ4n) is 0.849. The molecule has 3 nitrogen and oxygen atoms in total. The first-order valence-corrected chi connectivity index (χ1v) is 4.37. The van der Waals surface area contributed by atoms with Crippen LogP contribution in [0.1, 0.15) is 0 Å². The van der Waals surface area contributed by atoms with Crippen molar-refractivity contribution in [1.82, 2.24) is 0 Å². The van der Waals surface area contributed by atoms with Gasteiger partial charge >= 0.3 is 5.38 Å². The third kappa shape index (κ3) is 2.23. The molecule has 0 bridgehead atoms. The highest BCUT2D eigenvalue weighted by atomic mass is 79.9. The predicted octanol–water partition coefficient (Wildman–Crippen LogP) is 0.221. The van der Waals surface area contributed by atoms with E-state index in [2.05, 4.69) is 15.8 Å². The molecule has 0 aromatic heterocycles. The van der Waals surface area contributed by atoms with E-state index in [-0.39, 0.29) is 0 Å². The van der Waals surface area contributed by atoms with Gasteiger partial charge in [-0.3, -0.25) is 15.8 Å². The van der Waals surface area contributed by atoms with Gasteiger partial charge in [-0.2, -0.15) is 0 Å². The van der Waals surface area contributed by atoms with E-state index < -0.39 is 5.38 Å². The Morgan fingerprint density at radius 3 is 2.08 bits per heavy atom. The normalized spacial score (nSPS) is 11.3. The van der Waals surface area contributed by atoms with Crippen molar-refractivity contribution in [2.24, 2.45) is 0 Å². The molecule has 0 aliphatic carbocycles. The van der Waals surface area contributed by atoms with Gasteiger partial charge in [0.2, 0.25) is 0 Å². The summed E-state index contributed by atoms with van der Waals surface area (Å²) in [7, 11) is 1.55. The van der Waals surface area contributed by atoms with Crippen LogP contribution in [0.15, 0.2) is 24.3 Å². The smallest absolute Gasteiger partial charge is 0.331 e. The molecular weight excluding hydrogens is 223 g/mol. The van der Waals surface area contributed by atoms with Crippen molar-refractivity contribution in [3.63, 3.8) is 0 Å². The van der Waals surface area contributed by atoms with Gasteiger partial charge in [0.15, 0.2) is 0 Å². The van der Waals surface area contributed by atoms with Gasteiger partial charge in [0.05, 0.1) is 7.11 Å². The van der Waals surface area contributed by atoms with E-state index in [1.807, 2.05) is 0 Å². The van der Waals surface area contributed by atoms with Gasteiger partial charge in [0, 0.05) is 0 Å². The molecule has 0 aliphatic rings. The number of hydrogen-bond donors (Lipinski definition) is 2. The highest BCUT2D eigenvalue weighted by molar-refractivity contribution is 9.25. The molecule has 66 valence electrons. The molecule has 2 N–H and O–H groups in total. The quantitative estimate of drug-likeness (QED) is 0.717. The second kappa shape index (κ2) is 3.47. The van der Waals surface area contributed by atoms with E-state index >= 15 is 0 Å². The van der Waals surface area contributed by atoms with Crippen molar-refractivity contribution >= 4 is 26.6 Å². The summed E-state index contributed by atoms with van der Waals surface area (Å²) in [6, 6.07) is 6.51. The lowest BCUT2D eigenvalue weighted by molar-refractivity contribution is 0.412. The maximum absolute atomic E-state index is 9.15. The zero-order chi connectivity index (χ0) is 9.19. The largest absolute Gasteiger partial charge is 0.570 e. The fraction of sp³-hybridized carbons (Fsp3) is 0.143. The first kappa shape index (κ1) is 9.57. The minimum absolute atomic E-state index is 0.427. The lowest BCUT2D eigenvalue weighted by Gasteiger charge is -2.21. The van der Waals surface area contributed by atoms with Crippen LogP contribution >= 0.6 is 15.8 Å². The summed E-state index contributed by atoms with van der Waals surface area (Å²) in [5.74, 6) is 0.686. The number of hydrogen-bond acceptors (Lipinski definition) is 3. The van der Waals surface area contributed by atoms with E-state index in [1.54, 1.807) is 31.4 Å². The van der Waals surface area contributed by atoms with Gasteiger partial charge in [-0.05, 0) is 12.1 Å². The van der Waals surface area contributed by atoms with Crippen LogP contribution in [0, 0.1) is 0 Å². The summed E-state index contributed by atoms with van der Waals surface area (Å²) < 4.78 is 4.91. The van der Waals surface area contributed by atoms with Crippen LogP contribution in [-0.2, 0) is 0 Å². The van der Waals surface area contributed by atoms with Crippen molar-refractivity contribution in [2.75, 3.05) is 7.11 Å². The third-order valence-corrected chi connectivity index (χ3v) is 2.07. The summed E-state index contributed by atoms with van der Waals surface area (Å²) in [6.07, 6.45) is 0. The minimum Gasteiger partial charge on any atom is -0.570 e. The van der Waals surface area contributed by atoms with Crippen LogP contribution in [0.2, 0.25) is 0 Å². The molecule has 1 rings (SSSR count). The van der Waals surface area contributed by atoms with Crippen molar-refractivity contribution in [2.45, 2.75) is 0 Å². The molecule has 0 saturated carbocycles. The number of ether oxygens (including phenoxy) is 1. The summed E-state index contributed by atoms with van der Waals surface area (Å²) in [4.78, 5) is 0. The van der Waals surface area contributed by atoms with Gasteiger partial charge in [-0.1, -0.05) is 12.1 Å². The van der Waals surface area contributed by atoms with Gasteiger partial charge < -0.3 is 14.8 Å². The molecule has 0 fully saturated rings. The van der Waals surface area contributed by atoms with E-state index in [0.717, 1.165) is 0 Å². The van der Waals surface area contributed by atoms with Gasteiger partial charge in [0.25, 0.3) is 0 Å². The monoisotopic (exact) mass is 231 g/mol. The Morgan fingerprint density at radius 2 is 1.75 bits per heavy atom. The first-order valence-electron chi connectivity index (χ1n) is 3.46. The lowest BCUT2D eigenvalue weighted by atomic mass is 9.80. The zero-order valence-corrected chi connectivity index (χ0v) is 8.15. The first-order chi connectivity index (χ1) is 5.54. The molecule has 0 aliphatic heterocycles. The Hall–Kier alpha value is -0.515. The standard InChI is InChI=1S/C7H9BBrO3/c1-12-7-4-2-6(3-5-7)8(9,10)11/h2-5,10-11H,1H3/q-1. The number of benzene rings is 1. The maximum atomic E-state index is 9.15. The molecule has 0 unspecified atom stereocenters. The Balaban J connectivity index is 2.93. The minimum atomic E-state index is -2.57. The Morgan fingerprint density at radius 1 is 1.25 bits per heavy atom. The Kier molecular flexibility index (Phi) is 2.77. The van der Waals surface area contributed by atoms with Gasteiger partial charge in [-0.25, -0.2) is 0 Å². The zero-order valence-electron chi connectivity index (χ0n) is 6.57. The third-order valence-electron chi connectivity index (χ3n) is 1.54. The Bertz CT molecular complexity index is 254. The fourth-order valence-corrected chi connectivity index (χ4v) is 1.15. The highest BCUT2D eigenvalue weighted by Gasteiger charge is 2.15. The highest BCUT2D eigenvalue weighted by Crippen LogP contribution is 2.10. The van der Waals surface area contributed by atoms with Gasteiger partial charge in [0.1, 0.15) is 5.75 Å². The van der Waals surface area contributed by atoms with Crippen molar-refractivity contribution in [3.8, 4) is 5.75 Å². The average molecular weight is 232 g/mol. The number of halogens is 1. The second-order valence-electron chi connectivity index (χ2n) is 2.45. The van der Waals surface area contributed by atoms with Gasteiger partial charge in [-0.15, -0.1) is 5.46 Å². The topological polar surface area (TPSA) is 49.7 Å². The second-order valence-corrected chi connectivity index (χ2v) is 3.73. The maximum Gasteiger partial charge on any atom is 0.331 e. The number of methoxy groups -OCH3 is 1. The van der Waals surface area contributed by atoms with E-state index in [0.29, 0.717) is 11.2 Å². The molecule has 1 aromatic carbocycles.